The number of halogens is 2. The molecule has 0 radical (unpaired) electrons. The van der Waals surface area contributed by atoms with E-state index in [1.165, 1.54) is 0 Å². The molecule has 1 unspecified atom stereocenters. The normalized spacial score (nSPS) is 20.9. The second kappa shape index (κ2) is 7.98. The van der Waals surface area contributed by atoms with Gasteiger partial charge in [-0.3, -0.25) is 9.78 Å². The van der Waals surface area contributed by atoms with Crippen LogP contribution < -0.4 is 15.4 Å². The summed E-state index contributed by atoms with van der Waals surface area (Å²) in [5.41, 5.74) is 2.08. The molecular weight excluding hydrogens is 380 g/mol. The number of rotatable bonds is 6. The van der Waals surface area contributed by atoms with Gasteiger partial charge in [-0.05, 0) is 32.0 Å². The standard InChI is InChI=1S/C20H23F2N5O2/c1-12-6-15(29-16-9-20(21,22)10-16)7-14(24-12)8-19(28)25-18-3-2-17(26-27-18)13-4-5-23-11-13/h2-3,6-7,13,16,23H,4-5,8-11H2,1H3,(H,25,27,28). The van der Waals surface area contributed by atoms with Crippen LogP contribution in [0.1, 0.15) is 42.3 Å². The van der Waals surface area contributed by atoms with Gasteiger partial charge >= 0.3 is 0 Å². The van der Waals surface area contributed by atoms with E-state index in [2.05, 4.69) is 25.8 Å². The minimum Gasteiger partial charge on any atom is -0.490 e. The lowest BCUT2D eigenvalue weighted by molar-refractivity contribution is -0.134. The summed E-state index contributed by atoms with van der Waals surface area (Å²) < 4.78 is 31.6. The van der Waals surface area contributed by atoms with Gasteiger partial charge in [-0.25, -0.2) is 8.78 Å². The Bertz CT molecular complexity index is 877. The molecule has 1 atom stereocenters. The zero-order valence-electron chi connectivity index (χ0n) is 16.1. The molecule has 2 aliphatic rings. The van der Waals surface area contributed by atoms with Crippen molar-refractivity contribution in [3.8, 4) is 5.75 Å². The fourth-order valence-electron chi connectivity index (χ4n) is 3.63. The fraction of sp³-hybridized carbons (Fsp3) is 0.500. The van der Waals surface area contributed by atoms with Crippen LogP contribution in [0.25, 0.3) is 0 Å². The van der Waals surface area contributed by atoms with E-state index in [-0.39, 0.29) is 25.2 Å². The molecule has 1 aliphatic heterocycles. The zero-order valence-corrected chi connectivity index (χ0v) is 16.1. The Morgan fingerprint density at radius 2 is 2.14 bits per heavy atom. The van der Waals surface area contributed by atoms with Crippen LogP contribution in [0.2, 0.25) is 0 Å². The number of ether oxygens (including phenoxy) is 1. The molecule has 2 N–H and O–H groups in total. The van der Waals surface area contributed by atoms with Gasteiger partial charge < -0.3 is 15.4 Å². The second-order valence-corrected chi connectivity index (χ2v) is 7.70. The molecule has 154 valence electrons. The molecule has 4 rings (SSSR count). The maximum absolute atomic E-state index is 13.0. The van der Waals surface area contributed by atoms with Gasteiger partial charge in [-0.1, -0.05) is 0 Å². The summed E-state index contributed by atoms with van der Waals surface area (Å²) in [5, 5.41) is 14.3. The van der Waals surface area contributed by atoms with Crippen LogP contribution in [0.4, 0.5) is 14.6 Å². The molecule has 29 heavy (non-hydrogen) atoms. The third-order valence-electron chi connectivity index (χ3n) is 5.11. The molecule has 0 bridgehead atoms. The first-order chi connectivity index (χ1) is 13.9. The Hall–Kier alpha value is -2.68. The van der Waals surface area contributed by atoms with E-state index in [1.54, 1.807) is 25.1 Å². The average molecular weight is 403 g/mol. The number of hydrogen-bond acceptors (Lipinski definition) is 6. The lowest BCUT2D eigenvalue weighted by Gasteiger charge is -2.34. The van der Waals surface area contributed by atoms with Crippen molar-refractivity contribution >= 4 is 11.7 Å². The highest BCUT2D eigenvalue weighted by molar-refractivity contribution is 5.91. The van der Waals surface area contributed by atoms with Gasteiger partial charge in [0, 0.05) is 43.1 Å². The van der Waals surface area contributed by atoms with Crippen molar-refractivity contribution in [1.82, 2.24) is 20.5 Å². The topological polar surface area (TPSA) is 89.0 Å². The number of nitrogens with one attached hydrogen (secondary N) is 2. The fourth-order valence-corrected chi connectivity index (χ4v) is 3.63. The number of anilines is 1. The Kier molecular flexibility index (Phi) is 5.40. The molecule has 1 saturated heterocycles. The summed E-state index contributed by atoms with van der Waals surface area (Å²) in [6, 6.07) is 6.92. The van der Waals surface area contributed by atoms with E-state index in [4.69, 9.17) is 4.74 Å². The number of pyridine rings is 1. The molecule has 3 heterocycles. The van der Waals surface area contributed by atoms with Crippen LogP contribution >= 0.6 is 0 Å². The highest BCUT2D eigenvalue weighted by Crippen LogP contribution is 2.39. The molecule has 7 nitrogen and oxygen atoms in total. The van der Waals surface area contributed by atoms with Gasteiger partial charge in [-0.15, -0.1) is 5.10 Å². The summed E-state index contributed by atoms with van der Waals surface area (Å²) in [6.07, 6.45) is -0.0137. The van der Waals surface area contributed by atoms with Gasteiger partial charge in [0.2, 0.25) is 5.91 Å². The summed E-state index contributed by atoms with van der Waals surface area (Å²) in [4.78, 5) is 16.7. The molecule has 2 fully saturated rings. The number of hydrogen-bond donors (Lipinski definition) is 2. The third kappa shape index (κ3) is 5.03. The van der Waals surface area contributed by atoms with Crippen LogP contribution in [0.15, 0.2) is 24.3 Å². The van der Waals surface area contributed by atoms with Gasteiger partial charge in [0.1, 0.15) is 11.9 Å². The Morgan fingerprint density at radius 3 is 2.79 bits per heavy atom. The summed E-state index contributed by atoms with van der Waals surface area (Å²) in [5.74, 6) is -1.73. The Balaban J connectivity index is 1.34. The monoisotopic (exact) mass is 403 g/mol. The minimum absolute atomic E-state index is 0.0227. The maximum Gasteiger partial charge on any atom is 0.255 e. The molecule has 1 amide bonds. The quantitative estimate of drug-likeness (QED) is 0.771. The predicted octanol–water partition coefficient (Wildman–Crippen LogP) is 2.61. The first kappa shape index (κ1) is 19.6. The van der Waals surface area contributed by atoms with E-state index >= 15 is 0 Å². The minimum atomic E-state index is -2.64. The van der Waals surface area contributed by atoms with Crippen molar-refractivity contribution in [2.24, 2.45) is 0 Å². The molecule has 1 saturated carbocycles. The number of carbonyl (C=O) groups is 1. The number of nitrogens with zero attached hydrogens (tertiary/aromatic N) is 3. The molecule has 2 aromatic heterocycles. The molecule has 1 aliphatic carbocycles. The van der Waals surface area contributed by atoms with Crippen LogP contribution in [-0.4, -0.2) is 46.2 Å². The lowest BCUT2D eigenvalue weighted by Crippen LogP contribution is -2.43. The van der Waals surface area contributed by atoms with Crippen molar-refractivity contribution in [2.45, 2.75) is 50.6 Å². The smallest absolute Gasteiger partial charge is 0.255 e. The largest absolute Gasteiger partial charge is 0.490 e. The van der Waals surface area contributed by atoms with Gasteiger partial charge in [0.25, 0.3) is 5.92 Å². The number of carbonyl (C=O) groups excluding carboxylic acids is 1. The molecule has 2 aromatic rings. The highest BCUT2D eigenvalue weighted by Gasteiger charge is 2.47. The van der Waals surface area contributed by atoms with E-state index in [1.807, 2.05) is 6.07 Å². The predicted molar refractivity (Wildman–Crippen MR) is 102 cm³/mol. The maximum atomic E-state index is 13.0. The van der Waals surface area contributed by atoms with Crippen LogP contribution in [0.3, 0.4) is 0 Å². The second-order valence-electron chi connectivity index (χ2n) is 7.70. The Morgan fingerprint density at radius 1 is 1.31 bits per heavy atom. The lowest BCUT2D eigenvalue weighted by atomic mass is 9.91. The first-order valence-corrected chi connectivity index (χ1v) is 9.72. The number of aryl methyl sites for hydroxylation is 1. The number of amides is 1. The first-order valence-electron chi connectivity index (χ1n) is 9.72. The van der Waals surface area contributed by atoms with E-state index in [9.17, 15) is 13.6 Å². The molecule has 0 aromatic carbocycles. The summed E-state index contributed by atoms with van der Waals surface area (Å²) >= 11 is 0. The van der Waals surface area contributed by atoms with Crippen molar-refractivity contribution in [1.29, 1.82) is 0 Å². The van der Waals surface area contributed by atoms with Gasteiger partial charge in [-0.2, -0.15) is 5.10 Å². The molecule has 9 heteroatoms. The van der Waals surface area contributed by atoms with Gasteiger partial charge in [0.05, 0.1) is 17.8 Å². The van der Waals surface area contributed by atoms with E-state index < -0.39 is 12.0 Å². The SMILES string of the molecule is Cc1cc(OC2CC(F)(F)C2)cc(CC(=O)Nc2ccc(C3CCNC3)nn2)n1. The summed E-state index contributed by atoms with van der Waals surface area (Å²) in [7, 11) is 0. The van der Waals surface area contributed by atoms with Crippen molar-refractivity contribution in [3.63, 3.8) is 0 Å². The number of alkyl halides is 2. The summed E-state index contributed by atoms with van der Waals surface area (Å²) in [6.45, 7) is 3.64. The van der Waals surface area contributed by atoms with Crippen LogP contribution in [0, 0.1) is 6.92 Å². The zero-order chi connectivity index (χ0) is 20.4. The van der Waals surface area contributed by atoms with Crippen molar-refractivity contribution in [2.75, 3.05) is 18.4 Å². The third-order valence-corrected chi connectivity index (χ3v) is 5.11. The van der Waals surface area contributed by atoms with Gasteiger partial charge in [0.15, 0.2) is 5.82 Å². The molecule has 0 spiro atoms. The van der Waals surface area contributed by atoms with Crippen LogP contribution in [-0.2, 0) is 11.2 Å². The Labute approximate surface area is 167 Å². The van der Waals surface area contributed by atoms with E-state index in [0.29, 0.717) is 28.9 Å². The van der Waals surface area contributed by atoms with Crippen molar-refractivity contribution < 1.29 is 18.3 Å². The van der Waals surface area contributed by atoms with Crippen molar-refractivity contribution in [3.05, 3.63) is 41.3 Å². The van der Waals surface area contributed by atoms with Crippen LogP contribution in [0.5, 0.6) is 5.75 Å². The highest BCUT2D eigenvalue weighted by atomic mass is 19.3. The van der Waals surface area contributed by atoms with E-state index in [0.717, 1.165) is 25.2 Å². The average Bonchev–Trinajstić information content (AvgIpc) is 3.15. The molecular formula is C20H23F2N5O2. The number of aromatic nitrogens is 3.